The van der Waals surface area contributed by atoms with E-state index in [0.29, 0.717) is 12.2 Å². The number of halogens is 1. The molecule has 2 aromatic rings. The van der Waals surface area contributed by atoms with E-state index in [2.05, 4.69) is 45.5 Å². The first kappa shape index (κ1) is 17.0. The van der Waals surface area contributed by atoms with Crippen molar-refractivity contribution in [3.63, 3.8) is 0 Å². The van der Waals surface area contributed by atoms with Gasteiger partial charge in [-0.2, -0.15) is 5.10 Å². The van der Waals surface area contributed by atoms with Crippen LogP contribution < -0.4 is 10.9 Å². The molecule has 0 unspecified atom stereocenters. The second-order valence-corrected chi connectivity index (χ2v) is 6.91. The Hall–Kier alpha value is -1.85. The number of H-pyrrole nitrogens is 1. The second kappa shape index (κ2) is 7.81. The molecule has 0 amide bonds. The van der Waals surface area contributed by atoms with Gasteiger partial charge < -0.3 is 5.32 Å². The van der Waals surface area contributed by atoms with Gasteiger partial charge in [0.25, 0.3) is 5.56 Å². The average Bonchev–Trinajstić information content (AvgIpc) is 2.57. The number of aromatic amines is 1. The van der Waals surface area contributed by atoms with E-state index in [0.717, 1.165) is 25.6 Å². The first-order chi connectivity index (χ1) is 11.6. The van der Waals surface area contributed by atoms with Crippen LogP contribution in [0.2, 0.25) is 5.02 Å². The molecule has 0 radical (unpaired) electrons. The number of hydrogen-bond acceptors (Lipinski definition) is 4. The van der Waals surface area contributed by atoms with Crippen molar-refractivity contribution in [2.45, 2.75) is 32.9 Å². The van der Waals surface area contributed by atoms with Crippen molar-refractivity contribution in [2.24, 2.45) is 5.92 Å². The van der Waals surface area contributed by atoms with Crippen LogP contribution in [-0.2, 0) is 13.1 Å². The molecule has 1 saturated heterocycles. The second-order valence-electron chi connectivity index (χ2n) is 6.53. The van der Waals surface area contributed by atoms with Crippen LogP contribution >= 0.6 is 11.6 Å². The quantitative estimate of drug-likeness (QED) is 0.872. The van der Waals surface area contributed by atoms with E-state index < -0.39 is 0 Å². The third kappa shape index (κ3) is 4.16. The molecule has 0 saturated carbocycles. The molecule has 5 nitrogen and oxygen atoms in total. The summed E-state index contributed by atoms with van der Waals surface area (Å²) in [5, 5.41) is 9.48. The molecule has 1 fully saturated rings. The fourth-order valence-electron chi connectivity index (χ4n) is 3.25. The maximum Gasteiger partial charge on any atom is 0.285 e. The molecule has 1 aromatic carbocycles. The number of nitrogens with one attached hydrogen (secondary N) is 2. The standard InChI is InChI=1S/C18H23ClN4O/c1-13-5-4-8-23(11-13)12-15-7-3-2-6-14(15)9-20-16-10-21-22-18(24)17(16)19/h2-3,6-7,10,13H,4-5,8-9,11-12H2,1H3,(H2,20,22,24)/t13-/m0/s1. The third-order valence-electron chi connectivity index (χ3n) is 4.52. The Balaban J connectivity index is 1.70. The van der Waals surface area contributed by atoms with Crippen molar-refractivity contribution in [3.8, 4) is 0 Å². The van der Waals surface area contributed by atoms with Crippen LogP contribution in [-0.4, -0.2) is 28.2 Å². The molecule has 1 aromatic heterocycles. The Bertz CT molecular complexity index is 746. The van der Waals surface area contributed by atoms with Crippen LogP contribution in [0.15, 0.2) is 35.3 Å². The van der Waals surface area contributed by atoms with Gasteiger partial charge in [0.1, 0.15) is 5.02 Å². The molecule has 0 bridgehead atoms. The lowest BCUT2D eigenvalue weighted by molar-refractivity contribution is 0.176. The maximum absolute atomic E-state index is 11.5. The number of likely N-dealkylation sites (tertiary alicyclic amines) is 1. The van der Waals surface area contributed by atoms with E-state index >= 15 is 0 Å². The minimum absolute atomic E-state index is 0.146. The molecular formula is C18H23ClN4O. The zero-order valence-corrected chi connectivity index (χ0v) is 14.6. The van der Waals surface area contributed by atoms with E-state index in [-0.39, 0.29) is 10.6 Å². The van der Waals surface area contributed by atoms with Gasteiger partial charge in [0.2, 0.25) is 0 Å². The Labute approximate surface area is 147 Å². The molecule has 2 N–H and O–H groups in total. The molecule has 1 atom stereocenters. The van der Waals surface area contributed by atoms with Gasteiger partial charge in [-0.05, 0) is 36.4 Å². The van der Waals surface area contributed by atoms with Gasteiger partial charge in [-0.1, -0.05) is 42.8 Å². The fraction of sp³-hybridized carbons (Fsp3) is 0.444. The highest BCUT2D eigenvalue weighted by Crippen LogP contribution is 2.21. The Morgan fingerprint density at radius 2 is 2.17 bits per heavy atom. The Kier molecular flexibility index (Phi) is 5.53. The van der Waals surface area contributed by atoms with Gasteiger partial charge in [0, 0.05) is 19.6 Å². The first-order valence-corrected chi connectivity index (χ1v) is 8.77. The van der Waals surface area contributed by atoms with Crippen LogP contribution in [0.3, 0.4) is 0 Å². The van der Waals surface area contributed by atoms with Gasteiger partial charge in [-0.25, -0.2) is 5.10 Å². The summed E-state index contributed by atoms with van der Waals surface area (Å²) in [6.45, 7) is 6.22. The number of aromatic nitrogens is 2. The Morgan fingerprint density at radius 3 is 2.96 bits per heavy atom. The molecule has 0 aliphatic carbocycles. The number of anilines is 1. The molecule has 24 heavy (non-hydrogen) atoms. The monoisotopic (exact) mass is 346 g/mol. The summed E-state index contributed by atoms with van der Waals surface area (Å²) in [5.41, 5.74) is 2.71. The van der Waals surface area contributed by atoms with Crippen molar-refractivity contribution in [3.05, 3.63) is 57.0 Å². The summed E-state index contributed by atoms with van der Waals surface area (Å²) in [5.74, 6) is 0.768. The van der Waals surface area contributed by atoms with Gasteiger partial charge in [0.05, 0.1) is 11.9 Å². The zero-order valence-electron chi connectivity index (χ0n) is 13.9. The summed E-state index contributed by atoms with van der Waals surface area (Å²) in [6, 6.07) is 8.41. The smallest absolute Gasteiger partial charge is 0.285 e. The Morgan fingerprint density at radius 1 is 1.38 bits per heavy atom. The lowest BCUT2D eigenvalue weighted by atomic mass is 9.99. The van der Waals surface area contributed by atoms with Crippen LogP contribution in [0.4, 0.5) is 5.69 Å². The highest BCUT2D eigenvalue weighted by atomic mass is 35.5. The zero-order chi connectivity index (χ0) is 16.9. The highest BCUT2D eigenvalue weighted by molar-refractivity contribution is 6.32. The van der Waals surface area contributed by atoms with Crippen molar-refractivity contribution in [1.29, 1.82) is 0 Å². The number of rotatable bonds is 5. The topological polar surface area (TPSA) is 61.0 Å². The van der Waals surface area contributed by atoms with Crippen molar-refractivity contribution in [2.75, 3.05) is 18.4 Å². The van der Waals surface area contributed by atoms with Crippen molar-refractivity contribution < 1.29 is 0 Å². The summed E-state index contributed by atoms with van der Waals surface area (Å²) in [4.78, 5) is 14.0. The maximum atomic E-state index is 11.5. The average molecular weight is 347 g/mol. The van der Waals surface area contributed by atoms with Gasteiger partial charge >= 0.3 is 0 Å². The van der Waals surface area contributed by atoms with Gasteiger partial charge in [0.15, 0.2) is 0 Å². The van der Waals surface area contributed by atoms with Crippen molar-refractivity contribution in [1.82, 2.24) is 15.1 Å². The molecule has 128 valence electrons. The predicted molar refractivity (Wildman–Crippen MR) is 97.3 cm³/mol. The molecule has 1 aliphatic rings. The molecule has 6 heteroatoms. The molecule has 2 heterocycles. The van der Waals surface area contributed by atoms with E-state index in [1.54, 1.807) is 6.20 Å². The van der Waals surface area contributed by atoms with Crippen LogP contribution in [0.5, 0.6) is 0 Å². The minimum atomic E-state index is -0.378. The number of piperidine rings is 1. The van der Waals surface area contributed by atoms with Crippen LogP contribution in [0.1, 0.15) is 30.9 Å². The summed E-state index contributed by atoms with van der Waals surface area (Å²) in [7, 11) is 0. The molecule has 1 aliphatic heterocycles. The van der Waals surface area contributed by atoms with Gasteiger partial charge in [-0.3, -0.25) is 9.69 Å². The normalized spacial score (nSPS) is 18.5. The van der Waals surface area contributed by atoms with E-state index in [4.69, 9.17) is 11.6 Å². The van der Waals surface area contributed by atoms with E-state index in [1.807, 2.05) is 6.07 Å². The largest absolute Gasteiger partial charge is 0.378 e. The molecular weight excluding hydrogens is 324 g/mol. The first-order valence-electron chi connectivity index (χ1n) is 8.39. The lowest BCUT2D eigenvalue weighted by Crippen LogP contribution is -2.34. The van der Waals surface area contributed by atoms with E-state index in [9.17, 15) is 4.79 Å². The minimum Gasteiger partial charge on any atom is -0.378 e. The number of nitrogens with zero attached hydrogens (tertiary/aromatic N) is 2. The van der Waals surface area contributed by atoms with Gasteiger partial charge in [-0.15, -0.1) is 0 Å². The SMILES string of the molecule is C[C@H]1CCCN(Cc2ccccc2CNc2cn[nH]c(=O)c2Cl)C1. The molecule has 3 rings (SSSR count). The third-order valence-corrected chi connectivity index (χ3v) is 4.89. The molecule has 0 spiro atoms. The van der Waals surface area contributed by atoms with Crippen LogP contribution in [0.25, 0.3) is 0 Å². The number of benzene rings is 1. The summed E-state index contributed by atoms with van der Waals surface area (Å²) < 4.78 is 0. The summed E-state index contributed by atoms with van der Waals surface area (Å²) in [6.07, 6.45) is 4.14. The highest BCUT2D eigenvalue weighted by Gasteiger charge is 2.17. The number of hydrogen-bond donors (Lipinski definition) is 2. The summed E-state index contributed by atoms with van der Waals surface area (Å²) >= 11 is 6.02. The lowest BCUT2D eigenvalue weighted by Gasteiger charge is -2.31. The predicted octanol–water partition coefficient (Wildman–Crippen LogP) is 3.27. The fourth-order valence-corrected chi connectivity index (χ4v) is 3.41. The van der Waals surface area contributed by atoms with Crippen molar-refractivity contribution >= 4 is 17.3 Å². The van der Waals surface area contributed by atoms with Crippen LogP contribution in [0, 0.1) is 5.92 Å². The van der Waals surface area contributed by atoms with E-state index in [1.165, 1.54) is 24.0 Å².